The van der Waals surface area contributed by atoms with Crippen LogP contribution in [0, 0.1) is 17.2 Å². The number of amides is 1. The molecule has 0 saturated carbocycles. The number of aromatic nitrogens is 3. The number of nitrogens with one attached hydrogen (secondary N) is 2. The van der Waals surface area contributed by atoms with Gasteiger partial charge in [0.1, 0.15) is 29.0 Å². The third-order valence-corrected chi connectivity index (χ3v) is 9.62. The molecular formula is C39H45Cl2N7O6. The van der Waals surface area contributed by atoms with Gasteiger partial charge in [0.25, 0.3) is 17.9 Å². The largest absolute Gasteiger partial charge is 0.495 e. The van der Waals surface area contributed by atoms with E-state index in [0.717, 1.165) is 38.0 Å². The van der Waals surface area contributed by atoms with Crippen molar-refractivity contribution < 1.29 is 23.8 Å². The van der Waals surface area contributed by atoms with Crippen LogP contribution in [0.25, 0.3) is 22.2 Å². The van der Waals surface area contributed by atoms with E-state index in [1.165, 1.54) is 14.2 Å². The summed E-state index contributed by atoms with van der Waals surface area (Å²) in [5.41, 5.74) is 1.49. The molecule has 2 N–H and O–H groups in total. The van der Waals surface area contributed by atoms with Crippen molar-refractivity contribution in [1.82, 2.24) is 19.4 Å². The van der Waals surface area contributed by atoms with Gasteiger partial charge in [-0.2, -0.15) is 10.2 Å². The molecule has 0 unspecified atom stereocenters. The molecule has 0 aliphatic heterocycles. The molecule has 0 bridgehead atoms. The van der Waals surface area contributed by atoms with Gasteiger partial charge in [0, 0.05) is 47.9 Å². The summed E-state index contributed by atoms with van der Waals surface area (Å²) in [7, 11) is 2.92. The highest BCUT2D eigenvalue weighted by atomic mass is 35.5. The lowest BCUT2D eigenvalue weighted by Gasteiger charge is -2.18. The first-order valence-corrected chi connectivity index (χ1v) is 18.4. The number of aryl methyl sites for hydroxylation is 2. The summed E-state index contributed by atoms with van der Waals surface area (Å²) in [6.45, 7) is 11.8. The molecule has 0 spiro atoms. The molecule has 4 aromatic rings. The van der Waals surface area contributed by atoms with Crippen LogP contribution in [0.4, 0.5) is 11.6 Å². The molecule has 2 heterocycles. The highest BCUT2D eigenvalue weighted by Gasteiger charge is 2.24. The van der Waals surface area contributed by atoms with E-state index in [1.807, 2.05) is 6.07 Å². The van der Waals surface area contributed by atoms with Gasteiger partial charge in [0.05, 0.1) is 29.8 Å². The van der Waals surface area contributed by atoms with E-state index in [1.54, 1.807) is 61.0 Å². The number of pyridine rings is 1. The third kappa shape index (κ3) is 9.87. The smallest absolute Gasteiger partial charge is 0.298 e. The maximum atomic E-state index is 14.4. The zero-order valence-corrected chi connectivity index (χ0v) is 32.8. The summed E-state index contributed by atoms with van der Waals surface area (Å²) >= 11 is 13.5. The number of hydrogen-bond donors (Lipinski definition) is 2. The number of methoxy groups -OCH3 is 2. The molecular weight excluding hydrogens is 733 g/mol. The number of anilines is 2. The Kier molecular flexibility index (Phi) is 15.2. The summed E-state index contributed by atoms with van der Waals surface area (Å²) < 4.78 is 17.4. The van der Waals surface area contributed by atoms with Crippen molar-refractivity contribution in [3.8, 4) is 28.7 Å². The van der Waals surface area contributed by atoms with Crippen LogP contribution < -0.4 is 25.7 Å². The molecule has 0 aliphatic carbocycles. The molecule has 0 saturated heterocycles. The van der Waals surface area contributed by atoms with Crippen LogP contribution in [-0.4, -0.2) is 72.2 Å². The van der Waals surface area contributed by atoms with Crippen LogP contribution in [0.1, 0.15) is 46.1 Å². The van der Waals surface area contributed by atoms with E-state index < -0.39 is 5.91 Å². The number of nitrogens with zero attached hydrogens (tertiary/aromatic N) is 5. The molecule has 1 amide bonds. The molecule has 0 aliphatic rings. The van der Waals surface area contributed by atoms with Crippen molar-refractivity contribution in [2.75, 3.05) is 51.0 Å². The van der Waals surface area contributed by atoms with E-state index in [0.29, 0.717) is 35.6 Å². The first kappa shape index (κ1) is 41.6. The standard InChI is InChI=1S/C39H45Cl2N7O6/c1-7-47(8-2)17-10-9-16-43-39-44-22-26-19-28(32-33(40)30(52-5)20-31(53-6)34(32)41)38(51)48(36(26)46-39)18-15-25-11-13-27(14-12-25)45-37(50)29(21-42)35(24(3)4)54-23-49/h11-14,19-20,22-24H,7-10,15-18H2,1-6H3,(H,45,50)(H,43,44,46)/b35-29-. The van der Waals surface area contributed by atoms with Gasteiger partial charge in [-0.25, -0.2) is 4.98 Å². The van der Waals surface area contributed by atoms with Crippen LogP contribution in [-0.2, 0) is 27.3 Å². The number of carbonyl (C=O) groups is 2. The second kappa shape index (κ2) is 19.8. The maximum Gasteiger partial charge on any atom is 0.298 e. The fourth-order valence-electron chi connectivity index (χ4n) is 5.90. The molecule has 2 aromatic carbocycles. The number of halogens is 2. The Balaban J connectivity index is 1.68. The van der Waals surface area contributed by atoms with Crippen molar-refractivity contribution in [2.45, 2.75) is 53.5 Å². The monoisotopic (exact) mass is 777 g/mol. The van der Waals surface area contributed by atoms with E-state index in [2.05, 4.69) is 34.4 Å². The van der Waals surface area contributed by atoms with Gasteiger partial charge < -0.3 is 29.7 Å². The second-order valence-electron chi connectivity index (χ2n) is 12.6. The molecule has 13 nitrogen and oxygen atoms in total. The predicted octanol–water partition coefficient (Wildman–Crippen LogP) is 7.10. The molecule has 0 fully saturated rings. The minimum absolute atomic E-state index is 0.0195. The molecule has 54 heavy (non-hydrogen) atoms. The Morgan fingerprint density at radius 1 is 1.06 bits per heavy atom. The minimum Gasteiger partial charge on any atom is -0.495 e. The summed E-state index contributed by atoms with van der Waals surface area (Å²) in [4.78, 5) is 50.0. The second-order valence-corrected chi connectivity index (χ2v) is 13.3. The van der Waals surface area contributed by atoms with Crippen LogP contribution in [0.3, 0.4) is 0 Å². The topological polar surface area (TPSA) is 161 Å². The minimum atomic E-state index is -0.704. The number of allylic oxidation sites excluding steroid dienone is 1. The van der Waals surface area contributed by atoms with Crippen molar-refractivity contribution >= 4 is 58.3 Å². The van der Waals surface area contributed by atoms with Gasteiger partial charge in [-0.15, -0.1) is 0 Å². The fraction of sp³-hybridized carbons (Fsp3) is 0.385. The van der Waals surface area contributed by atoms with Crippen LogP contribution >= 0.6 is 23.2 Å². The summed E-state index contributed by atoms with van der Waals surface area (Å²) in [5.74, 6) is -0.114. The van der Waals surface area contributed by atoms with Gasteiger partial charge in [-0.3, -0.25) is 19.0 Å². The van der Waals surface area contributed by atoms with Crippen molar-refractivity contribution in [3.63, 3.8) is 0 Å². The molecule has 0 atom stereocenters. The highest BCUT2D eigenvalue weighted by Crippen LogP contribution is 2.45. The molecule has 0 radical (unpaired) electrons. The number of unbranched alkanes of at least 4 members (excludes halogenated alkanes) is 1. The normalized spacial score (nSPS) is 11.6. The lowest BCUT2D eigenvalue weighted by molar-refractivity contribution is -0.125. The third-order valence-electron chi connectivity index (χ3n) is 8.87. The Bertz CT molecular complexity index is 2060. The number of fused-ring (bicyclic) bond motifs is 1. The first-order chi connectivity index (χ1) is 26.0. The highest BCUT2D eigenvalue weighted by molar-refractivity contribution is 6.41. The average Bonchev–Trinajstić information content (AvgIpc) is 3.16. The van der Waals surface area contributed by atoms with Crippen LogP contribution in [0.5, 0.6) is 11.5 Å². The van der Waals surface area contributed by atoms with Gasteiger partial charge in [0.15, 0.2) is 5.57 Å². The molecule has 15 heteroatoms. The lowest BCUT2D eigenvalue weighted by atomic mass is 10.0. The van der Waals surface area contributed by atoms with Crippen LogP contribution in [0.2, 0.25) is 10.0 Å². The van der Waals surface area contributed by atoms with Gasteiger partial charge in [0.2, 0.25) is 5.95 Å². The Morgan fingerprint density at radius 2 is 1.72 bits per heavy atom. The molecule has 2 aromatic heterocycles. The number of ether oxygens (including phenoxy) is 3. The molecule has 4 rings (SSSR count). The summed E-state index contributed by atoms with van der Waals surface area (Å²) in [5, 5.41) is 16.5. The van der Waals surface area contributed by atoms with Crippen LogP contribution in [0.15, 0.2) is 58.7 Å². The summed E-state index contributed by atoms with van der Waals surface area (Å²) in [6, 6.07) is 12.0. The maximum absolute atomic E-state index is 14.4. The van der Waals surface area contributed by atoms with Crippen molar-refractivity contribution in [2.24, 2.45) is 5.92 Å². The fourth-order valence-corrected chi connectivity index (χ4v) is 6.60. The van der Waals surface area contributed by atoms with Gasteiger partial charge in [-0.1, -0.05) is 63.0 Å². The number of carbonyl (C=O) groups excluding carboxylic acids is 2. The van der Waals surface area contributed by atoms with Gasteiger partial charge in [-0.05, 0) is 62.7 Å². The van der Waals surface area contributed by atoms with Crippen molar-refractivity contribution in [1.29, 1.82) is 5.26 Å². The number of benzene rings is 2. The summed E-state index contributed by atoms with van der Waals surface area (Å²) in [6.07, 6.45) is 4.01. The van der Waals surface area contributed by atoms with E-state index in [-0.39, 0.29) is 68.5 Å². The number of hydrogen-bond acceptors (Lipinski definition) is 11. The quantitative estimate of drug-likeness (QED) is 0.0329. The zero-order chi connectivity index (χ0) is 39.4. The Labute approximate surface area is 324 Å². The van der Waals surface area contributed by atoms with Crippen molar-refractivity contribution in [3.05, 3.63) is 79.9 Å². The Morgan fingerprint density at radius 3 is 2.30 bits per heavy atom. The SMILES string of the molecule is CCN(CC)CCCCNc1ncc2cc(-c3c(Cl)c(OC)cc(OC)c3Cl)c(=O)n(CCc3ccc(NC(=O)/C(C#N)=C(\OC=O)C(C)C)cc3)c2n1. The van der Waals surface area contributed by atoms with E-state index in [4.69, 9.17) is 42.4 Å². The van der Waals surface area contributed by atoms with E-state index >= 15 is 0 Å². The van der Waals surface area contributed by atoms with Gasteiger partial charge >= 0.3 is 0 Å². The Hall–Kier alpha value is -5.16. The predicted molar refractivity (Wildman–Crippen MR) is 211 cm³/mol. The molecule has 286 valence electrons. The first-order valence-electron chi connectivity index (χ1n) is 17.6. The number of rotatable bonds is 19. The van der Waals surface area contributed by atoms with E-state index in [9.17, 15) is 19.6 Å². The lowest BCUT2D eigenvalue weighted by Crippen LogP contribution is -2.25. The number of nitriles is 1. The average molecular weight is 779 g/mol. The zero-order valence-electron chi connectivity index (χ0n) is 31.3.